The number of rotatable bonds is 5. The lowest BCUT2D eigenvalue weighted by molar-refractivity contribution is -0.129. The van der Waals surface area contributed by atoms with Crippen LogP contribution in [0.4, 0.5) is 0 Å². The highest BCUT2D eigenvalue weighted by molar-refractivity contribution is 5.89. The van der Waals surface area contributed by atoms with Crippen LogP contribution in [0.25, 0.3) is 11.1 Å². The van der Waals surface area contributed by atoms with Crippen LogP contribution < -0.4 is 5.32 Å². The van der Waals surface area contributed by atoms with Crippen LogP contribution in [0.3, 0.4) is 0 Å². The summed E-state index contributed by atoms with van der Waals surface area (Å²) in [4.78, 5) is 26.3. The van der Waals surface area contributed by atoms with Crippen LogP contribution in [0.2, 0.25) is 0 Å². The van der Waals surface area contributed by atoms with Crippen molar-refractivity contribution in [2.45, 2.75) is 31.8 Å². The number of nitrogens with one attached hydrogen (secondary N) is 1. The molecule has 0 spiro atoms. The first kappa shape index (κ1) is 15.9. The average Bonchev–Trinajstić information content (AvgIpc) is 3.42. The molecule has 2 fully saturated rings. The Kier molecular flexibility index (Phi) is 4.26. The van der Waals surface area contributed by atoms with Crippen molar-refractivity contribution in [3.63, 3.8) is 0 Å². The maximum atomic E-state index is 12.4. The van der Waals surface area contributed by atoms with Gasteiger partial charge >= 0.3 is 0 Å². The molecule has 1 aliphatic heterocycles. The van der Waals surface area contributed by atoms with Crippen molar-refractivity contribution in [2.75, 3.05) is 6.54 Å². The highest BCUT2D eigenvalue weighted by Gasteiger charge is 2.41. The van der Waals surface area contributed by atoms with E-state index in [9.17, 15) is 9.59 Å². The van der Waals surface area contributed by atoms with Crippen molar-refractivity contribution in [1.29, 1.82) is 0 Å². The summed E-state index contributed by atoms with van der Waals surface area (Å²) in [6.45, 7) is 1.08. The first-order chi connectivity index (χ1) is 12.2. The zero-order valence-corrected chi connectivity index (χ0v) is 14.2. The molecule has 0 bridgehead atoms. The van der Waals surface area contributed by atoms with Crippen molar-refractivity contribution in [3.8, 4) is 11.1 Å². The van der Waals surface area contributed by atoms with Crippen molar-refractivity contribution in [3.05, 3.63) is 60.2 Å². The van der Waals surface area contributed by atoms with Gasteiger partial charge in [0.05, 0.1) is 5.92 Å². The Morgan fingerprint density at radius 1 is 1.04 bits per heavy atom. The molecule has 1 N–H and O–H groups in total. The fraction of sp³-hybridized carbons (Fsp3) is 0.333. The summed E-state index contributed by atoms with van der Waals surface area (Å²) in [5.41, 5.74) is 3.37. The second-order valence-electron chi connectivity index (χ2n) is 6.96. The topological polar surface area (TPSA) is 49.4 Å². The number of likely N-dealkylation sites (tertiary alicyclic amines) is 1. The Labute approximate surface area is 147 Å². The lowest BCUT2D eigenvalue weighted by Crippen LogP contribution is -2.33. The molecule has 0 aromatic heterocycles. The van der Waals surface area contributed by atoms with E-state index in [2.05, 4.69) is 29.6 Å². The molecule has 2 aromatic carbocycles. The molecule has 1 atom stereocenters. The van der Waals surface area contributed by atoms with E-state index in [1.807, 2.05) is 35.2 Å². The van der Waals surface area contributed by atoms with E-state index in [-0.39, 0.29) is 17.7 Å². The van der Waals surface area contributed by atoms with Crippen LogP contribution in [0, 0.1) is 5.92 Å². The standard InChI is InChI=1S/C21H22N2O2/c24-20-12-18(14-23(20)19-9-10-19)21(25)22-13-15-5-4-8-17(11-15)16-6-2-1-3-7-16/h1-8,11,18-19H,9-10,12-14H2,(H,22,25)/t18-/m0/s1. The molecule has 2 aromatic rings. The van der Waals surface area contributed by atoms with Crippen molar-refractivity contribution < 1.29 is 9.59 Å². The number of carbonyl (C=O) groups is 2. The van der Waals surface area contributed by atoms with Gasteiger partial charge in [-0.25, -0.2) is 0 Å². The molecule has 4 rings (SSSR count). The molecule has 2 amide bonds. The van der Waals surface area contributed by atoms with Gasteiger partial charge in [0, 0.05) is 25.6 Å². The van der Waals surface area contributed by atoms with Gasteiger partial charge in [-0.2, -0.15) is 0 Å². The third kappa shape index (κ3) is 3.58. The summed E-state index contributed by atoms with van der Waals surface area (Å²) >= 11 is 0. The molecule has 0 radical (unpaired) electrons. The summed E-state index contributed by atoms with van der Waals surface area (Å²) in [6.07, 6.45) is 2.53. The highest BCUT2D eigenvalue weighted by Crippen LogP contribution is 2.32. The summed E-state index contributed by atoms with van der Waals surface area (Å²) in [7, 11) is 0. The van der Waals surface area contributed by atoms with Crippen LogP contribution in [0.15, 0.2) is 54.6 Å². The van der Waals surface area contributed by atoms with Gasteiger partial charge in [-0.05, 0) is 35.6 Å². The molecular formula is C21H22N2O2. The minimum Gasteiger partial charge on any atom is -0.352 e. The molecule has 4 nitrogen and oxygen atoms in total. The molecule has 0 unspecified atom stereocenters. The summed E-state index contributed by atoms with van der Waals surface area (Å²) in [5.74, 6) is -0.0826. The predicted octanol–water partition coefficient (Wildman–Crippen LogP) is 2.98. The molecule has 1 aliphatic carbocycles. The lowest BCUT2D eigenvalue weighted by Gasteiger charge is -2.15. The normalized spacial score (nSPS) is 19.9. The van der Waals surface area contributed by atoms with Crippen LogP contribution in [-0.4, -0.2) is 29.3 Å². The van der Waals surface area contributed by atoms with Crippen molar-refractivity contribution in [1.82, 2.24) is 10.2 Å². The molecular weight excluding hydrogens is 312 g/mol. The van der Waals surface area contributed by atoms with Crippen LogP contribution in [-0.2, 0) is 16.1 Å². The maximum Gasteiger partial charge on any atom is 0.225 e. The zero-order chi connectivity index (χ0) is 17.2. The maximum absolute atomic E-state index is 12.4. The summed E-state index contributed by atoms with van der Waals surface area (Å²) < 4.78 is 0. The third-order valence-corrected chi connectivity index (χ3v) is 5.02. The number of nitrogens with zero attached hydrogens (tertiary/aromatic N) is 1. The number of amides is 2. The molecule has 128 valence electrons. The number of benzene rings is 2. The number of carbonyl (C=O) groups excluding carboxylic acids is 2. The van der Waals surface area contributed by atoms with Crippen molar-refractivity contribution >= 4 is 11.8 Å². The molecule has 1 saturated heterocycles. The third-order valence-electron chi connectivity index (χ3n) is 5.02. The van der Waals surface area contributed by atoms with Gasteiger partial charge in [-0.1, -0.05) is 48.5 Å². The largest absolute Gasteiger partial charge is 0.352 e. The Balaban J connectivity index is 1.37. The fourth-order valence-corrected chi connectivity index (χ4v) is 3.47. The number of hydrogen-bond donors (Lipinski definition) is 1. The predicted molar refractivity (Wildman–Crippen MR) is 96.6 cm³/mol. The van der Waals surface area contributed by atoms with Gasteiger partial charge in [-0.15, -0.1) is 0 Å². The van der Waals surface area contributed by atoms with Crippen molar-refractivity contribution in [2.24, 2.45) is 5.92 Å². The first-order valence-electron chi connectivity index (χ1n) is 8.92. The van der Waals surface area contributed by atoms with Gasteiger partial charge in [0.2, 0.25) is 11.8 Å². The fourth-order valence-electron chi connectivity index (χ4n) is 3.47. The Hall–Kier alpha value is -2.62. The monoisotopic (exact) mass is 334 g/mol. The Bertz CT molecular complexity index is 783. The molecule has 1 heterocycles. The highest BCUT2D eigenvalue weighted by atomic mass is 16.2. The van der Waals surface area contributed by atoms with E-state index in [0.717, 1.165) is 29.5 Å². The van der Waals surface area contributed by atoms with E-state index >= 15 is 0 Å². The van der Waals surface area contributed by atoms with E-state index < -0.39 is 0 Å². The molecule has 2 aliphatic rings. The van der Waals surface area contributed by atoms with E-state index in [1.54, 1.807) is 0 Å². The average molecular weight is 334 g/mol. The van der Waals surface area contributed by atoms with E-state index in [4.69, 9.17) is 0 Å². The first-order valence-corrected chi connectivity index (χ1v) is 8.92. The smallest absolute Gasteiger partial charge is 0.225 e. The second kappa shape index (κ2) is 6.71. The summed E-state index contributed by atoms with van der Waals surface area (Å²) in [6, 6.07) is 18.8. The number of hydrogen-bond acceptors (Lipinski definition) is 2. The lowest BCUT2D eigenvalue weighted by atomic mass is 10.0. The zero-order valence-electron chi connectivity index (χ0n) is 14.2. The quantitative estimate of drug-likeness (QED) is 0.914. The van der Waals surface area contributed by atoms with Gasteiger partial charge in [-0.3, -0.25) is 9.59 Å². The van der Waals surface area contributed by atoms with Gasteiger partial charge in [0.15, 0.2) is 0 Å². The molecule has 25 heavy (non-hydrogen) atoms. The van der Waals surface area contributed by atoms with Crippen LogP contribution in [0.5, 0.6) is 0 Å². The van der Waals surface area contributed by atoms with E-state index in [0.29, 0.717) is 25.6 Å². The minimum atomic E-state index is -0.203. The second-order valence-corrected chi connectivity index (χ2v) is 6.96. The van der Waals surface area contributed by atoms with Crippen LogP contribution in [0.1, 0.15) is 24.8 Å². The SMILES string of the molecule is O=C(NCc1cccc(-c2ccccc2)c1)[C@H]1CC(=O)N(C2CC2)C1. The molecule has 4 heteroatoms. The minimum absolute atomic E-state index is 0.0124. The van der Waals surface area contributed by atoms with E-state index in [1.165, 1.54) is 0 Å². The molecule has 1 saturated carbocycles. The van der Waals surface area contributed by atoms with Gasteiger partial charge < -0.3 is 10.2 Å². The van der Waals surface area contributed by atoms with Crippen LogP contribution >= 0.6 is 0 Å². The summed E-state index contributed by atoms with van der Waals surface area (Å²) in [5, 5.41) is 3.00. The Morgan fingerprint density at radius 3 is 2.56 bits per heavy atom. The Morgan fingerprint density at radius 2 is 1.80 bits per heavy atom. The van der Waals surface area contributed by atoms with Gasteiger partial charge in [0.25, 0.3) is 0 Å². The van der Waals surface area contributed by atoms with Gasteiger partial charge in [0.1, 0.15) is 0 Å².